The van der Waals surface area contributed by atoms with Crippen LogP contribution in [0.5, 0.6) is 0 Å². The van der Waals surface area contributed by atoms with Crippen molar-refractivity contribution in [2.45, 2.75) is 39.2 Å². The number of likely N-dealkylation sites (tertiary alicyclic amines) is 1. The number of likely N-dealkylation sites (N-methyl/N-ethyl adjacent to an activating group) is 1. The predicted octanol–water partition coefficient (Wildman–Crippen LogP) is 0.0984. The number of nitrogens with two attached hydrogens (primary N) is 1. The van der Waals surface area contributed by atoms with Crippen LogP contribution in [-0.2, 0) is 9.59 Å². The lowest BCUT2D eigenvalue weighted by Crippen LogP contribution is -2.56. The van der Waals surface area contributed by atoms with Crippen molar-refractivity contribution in [2.24, 2.45) is 11.7 Å². The fraction of sp³-hybridized carbons (Fsp3) is 0.833. The van der Waals surface area contributed by atoms with E-state index >= 15 is 0 Å². The lowest BCUT2D eigenvalue weighted by Gasteiger charge is -2.37. The van der Waals surface area contributed by atoms with Crippen LogP contribution in [0, 0.1) is 5.92 Å². The molecule has 17 heavy (non-hydrogen) atoms. The van der Waals surface area contributed by atoms with Gasteiger partial charge in [0, 0.05) is 13.1 Å². The summed E-state index contributed by atoms with van der Waals surface area (Å²) in [6.45, 7) is 7.63. The molecule has 1 fully saturated rings. The summed E-state index contributed by atoms with van der Waals surface area (Å²) in [7, 11) is 0. The Morgan fingerprint density at radius 1 is 1.47 bits per heavy atom. The van der Waals surface area contributed by atoms with Gasteiger partial charge in [0.25, 0.3) is 0 Å². The number of nitrogens with zero attached hydrogens (tertiary/aromatic N) is 1. The molecular weight excluding hydrogens is 218 g/mol. The zero-order valence-electron chi connectivity index (χ0n) is 11.0. The van der Waals surface area contributed by atoms with Crippen LogP contribution < -0.4 is 11.1 Å². The van der Waals surface area contributed by atoms with Gasteiger partial charge in [0.15, 0.2) is 0 Å². The molecule has 98 valence electrons. The van der Waals surface area contributed by atoms with Crippen molar-refractivity contribution >= 4 is 11.8 Å². The third-order valence-electron chi connectivity index (χ3n) is 3.26. The summed E-state index contributed by atoms with van der Waals surface area (Å²) in [5.74, 6) is -0.445. The Morgan fingerprint density at radius 2 is 2.12 bits per heavy atom. The molecule has 1 aliphatic heterocycles. The van der Waals surface area contributed by atoms with Crippen molar-refractivity contribution in [3.05, 3.63) is 0 Å². The number of carbonyl (C=O) groups excluding carboxylic acids is 2. The number of carbonyl (C=O) groups is 2. The maximum atomic E-state index is 12.3. The van der Waals surface area contributed by atoms with Crippen LogP contribution in [0.1, 0.15) is 33.6 Å². The highest BCUT2D eigenvalue weighted by Crippen LogP contribution is 2.19. The number of piperidine rings is 1. The second-order valence-electron chi connectivity index (χ2n) is 5.15. The van der Waals surface area contributed by atoms with Gasteiger partial charge >= 0.3 is 0 Å². The van der Waals surface area contributed by atoms with Crippen molar-refractivity contribution < 1.29 is 9.59 Å². The van der Waals surface area contributed by atoms with Gasteiger partial charge in [-0.1, -0.05) is 6.92 Å². The molecule has 1 saturated heterocycles. The molecular formula is C12H23N3O2. The maximum Gasteiger partial charge on any atom is 0.242 e. The van der Waals surface area contributed by atoms with E-state index in [2.05, 4.69) is 5.32 Å². The first-order chi connectivity index (χ1) is 7.88. The maximum absolute atomic E-state index is 12.3. The molecule has 1 atom stereocenters. The van der Waals surface area contributed by atoms with E-state index in [4.69, 9.17) is 5.73 Å². The van der Waals surface area contributed by atoms with Crippen LogP contribution >= 0.6 is 0 Å². The van der Waals surface area contributed by atoms with E-state index < -0.39 is 5.54 Å². The van der Waals surface area contributed by atoms with Gasteiger partial charge < -0.3 is 16.0 Å². The molecule has 5 nitrogen and oxygen atoms in total. The monoisotopic (exact) mass is 241 g/mol. The lowest BCUT2D eigenvalue weighted by atomic mass is 9.94. The number of hydrogen-bond acceptors (Lipinski definition) is 3. The van der Waals surface area contributed by atoms with Crippen LogP contribution in [0.4, 0.5) is 0 Å². The average molecular weight is 241 g/mol. The molecule has 5 heteroatoms. The van der Waals surface area contributed by atoms with Gasteiger partial charge in [0.05, 0.1) is 11.5 Å². The smallest absolute Gasteiger partial charge is 0.242 e. The molecule has 1 aliphatic rings. The molecule has 3 N–H and O–H groups in total. The molecule has 0 aliphatic carbocycles. The Kier molecular flexibility index (Phi) is 4.51. The third-order valence-corrected chi connectivity index (χ3v) is 3.26. The quantitative estimate of drug-likeness (QED) is 0.733. The molecule has 0 saturated carbocycles. The molecule has 1 rings (SSSR count). The number of rotatable bonds is 4. The minimum atomic E-state index is -0.575. The van der Waals surface area contributed by atoms with Crippen LogP contribution in [0.3, 0.4) is 0 Å². The largest absolute Gasteiger partial charge is 0.369 e. The number of primary amides is 1. The first-order valence-electron chi connectivity index (χ1n) is 6.22. The molecule has 0 radical (unpaired) electrons. The molecule has 0 aromatic carbocycles. The van der Waals surface area contributed by atoms with Crippen LogP contribution in [-0.4, -0.2) is 41.9 Å². The van der Waals surface area contributed by atoms with Gasteiger partial charge in [0.1, 0.15) is 0 Å². The van der Waals surface area contributed by atoms with Crippen molar-refractivity contribution in [3.63, 3.8) is 0 Å². The molecule has 0 bridgehead atoms. The first-order valence-corrected chi connectivity index (χ1v) is 6.22. The topological polar surface area (TPSA) is 75.4 Å². The summed E-state index contributed by atoms with van der Waals surface area (Å²) in [6, 6.07) is 0. The van der Waals surface area contributed by atoms with Crippen molar-refractivity contribution in [1.29, 1.82) is 0 Å². The van der Waals surface area contributed by atoms with E-state index in [1.54, 1.807) is 4.90 Å². The summed E-state index contributed by atoms with van der Waals surface area (Å²) in [5, 5.41) is 3.16. The molecule has 0 aromatic rings. The van der Waals surface area contributed by atoms with Gasteiger partial charge in [0.2, 0.25) is 11.8 Å². The summed E-state index contributed by atoms with van der Waals surface area (Å²) < 4.78 is 0. The van der Waals surface area contributed by atoms with Crippen LogP contribution in [0.25, 0.3) is 0 Å². The Hall–Kier alpha value is -1.10. The van der Waals surface area contributed by atoms with E-state index in [-0.39, 0.29) is 17.7 Å². The van der Waals surface area contributed by atoms with Gasteiger partial charge in [-0.05, 0) is 33.2 Å². The Labute approximate surface area is 103 Å². The second kappa shape index (κ2) is 5.49. The highest BCUT2D eigenvalue weighted by Gasteiger charge is 2.34. The van der Waals surface area contributed by atoms with Crippen molar-refractivity contribution in [1.82, 2.24) is 10.2 Å². The van der Waals surface area contributed by atoms with Gasteiger partial charge in [-0.2, -0.15) is 0 Å². The Bertz CT molecular complexity index is 302. The van der Waals surface area contributed by atoms with Crippen molar-refractivity contribution in [3.8, 4) is 0 Å². The summed E-state index contributed by atoms with van der Waals surface area (Å²) in [4.78, 5) is 25.2. The highest BCUT2D eigenvalue weighted by atomic mass is 16.2. The summed E-state index contributed by atoms with van der Waals surface area (Å²) in [5.41, 5.74) is 4.73. The summed E-state index contributed by atoms with van der Waals surface area (Å²) >= 11 is 0. The normalized spacial score (nSPS) is 21.4. The van der Waals surface area contributed by atoms with Gasteiger partial charge in [-0.3, -0.25) is 9.59 Å². The van der Waals surface area contributed by atoms with E-state index in [1.807, 2.05) is 20.8 Å². The zero-order chi connectivity index (χ0) is 13.1. The highest BCUT2D eigenvalue weighted by molar-refractivity contribution is 5.86. The van der Waals surface area contributed by atoms with Gasteiger partial charge in [-0.15, -0.1) is 0 Å². The lowest BCUT2D eigenvalue weighted by molar-refractivity contribution is -0.140. The Balaban J connectivity index is 2.66. The average Bonchev–Trinajstić information content (AvgIpc) is 2.28. The Morgan fingerprint density at radius 3 is 2.65 bits per heavy atom. The summed E-state index contributed by atoms with van der Waals surface area (Å²) in [6.07, 6.45) is 1.64. The van der Waals surface area contributed by atoms with Crippen molar-refractivity contribution in [2.75, 3.05) is 19.6 Å². The predicted molar refractivity (Wildman–Crippen MR) is 66.3 cm³/mol. The molecule has 1 heterocycles. The van der Waals surface area contributed by atoms with E-state index in [9.17, 15) is 9.59 Å². The zero-order valence-corrected chi connectivity index (χ0v) is 11.0. The molecule has 2 amide bonds. The van der Waals surface area contributed by atoms with Gasteiger partial charge in [-0.25, -0.2) is 0 Å². The van der Waals surface area contributed by atoms with E-state index in [0.717, 1.165) is 25.9 Å². The number of amides is 2. The second-order valence-corrected chi connectivity index (χ2v) is 5.15. The molecule has 1 unspecified atom stereocenters. The number of hydrogen-bond donors (Lipinski definition) is 2. The minimum absolute atomic E-state index is 0.0466. The van der Waals surface area contributed by atoms with Crippen LogP contribution in [0.15, 0.2) is 0 Å². The van der Waals surface area contributed by atoms with Crippen LogP contribution in [0.2, 0.25) is 0 Å². The standard InChI is InChI=1S/C12H23N3O2/c1-4-14-12(2,3)11(17)15-7-5-6-9(8-15)10(13)16/h9,14H,4-8H2,1-3H3,(H2,13,16). The fourth-order valence-corrected chi connectivity index (χ4v) is 2.31. The number of nitrogens with one attached hydrogen (secondary N) is 1. The molecule has 0 spiro atoms. The third kappa shape index (κ3) is 3.43. The first kappa shape index (κ1) is 14.0. The fourth-order valence-electron chi connectivity index (χ4n) is 2.31. The molecule has 0 aromatic heterocycles. The van der Waals surface area contributed by atoms with E-state index in [1.165, 1.54) is 0 Å². The van der Waals surface area contributed by atoms with E-state index in [0.29, 0.717) is 6.54 Å². The SMILES string of the molecule is CCNC(C)(C)C(=O)N1CCCC(C(N)=O)C1. The minimum Gasteiger partial charge on any atom is -0.369 e.